The van der Waals surface area contributed by atoms with Gasteiger partial charge in [-0.15, -0.1) is 0 Å². The lowest BCUT2D eigenvalue weighted by Crippen LogP contribution is -2.26. The molecule has 0 fully saturated rings. The Bertz CT molecular complexity index is 621. The third-order valence-corrected chi connectivity index (χ3v) is 3.35. The van der Waals surface area contributed by atoms with E-state index in [4.69, 9.17) is 4.74 Å². The smallest absolute Gasteiger partial charge is 0.244 e. The van der Waals surface area contributed by atoms with Crippen LogP contribution < -0.4 is 10.1 Å². The first kappa shape index (κ1) is 15.8. The van der Waals surface area contributed by atoms with Crippen molar-refractivity contribution in [3.05, 3.63) is 66.0 Å². The van der Waals surface area contributed by atoms with Crippen LogP contribution in [0.3, 0.4) is 0 Å². The van der Waals surface area contributed by atoms with E-state index in [1.807, 2.05) is 43.3 Å². The van der Waals surface area contributed by atoms with Crippen LogP contribution >= 0.6 is 0 Å². The SMILES string of the molecule is CCC(NC(=O)/C=C/c1cccnc1)c1ccc(OC)cc1. The van der Waals surface area contributed by atoms with E-state index in [1.54, 1.807) is 25.6 Å². The van der Waals surface area contributed by atoms with Gasteiger partial charge in [0.2, 0.25) is 5.91 Å². The van der Waals surface area contributed by atoms with Gasteiger partial charge in [0.25, 0.3) is 0 Å². The van der Waals surface area contributed by atoms with Crippen molar-refractivity contribution in [2.45, 2.75) is 19.4 Å². The summed E-state index contributed by atoms with van der Waals surface area (Å²) < 4.78 is 5.15. The molecule has 1 aromatic carbocycles. The minimum atomic E-state index is -0.119. The summed E-state index contributed by atoms with van der Waals surface area (Å²) in [5, 5.41) is 3.00. The molecule has 0 saturated carbocycles. The standard InChI is InChI=1S/C18H20N2O2/c1-3-17(15-7-9-16(22-2)10-8-15)20-18(21)11-6-14-5-4-12-19-13-14/h4-13,17H,3H2,1-2H3,(H,20,21)/b11-6+. The molecule has 2 rings (SSSR count). The number of nitrogens with zero attached hydrogens (tertiary/aromatic N) is 1. The summed E-state index contributed by atoms with van der Waals surface area (Å²) in [6.45, 7) is 2.04. The molecule has 4 nitrogen and oxygen atoms in total. The minimum Gasteiger partial charge on any atom is -0.497 e. The molecule has 2 aromatic rings. The molecular formula is C18H20N2O2. The summed E-state index contributed by atoms with van der Waals surface area (Å²) in [4.78, 5) is 16.0. The van der Waals surface area contributed by atoms with Gasteiger partial charge in [0, 0.05) is 18.5 Å². The molecule has 0 aliphatic rings. The molecule has 4 heteroatoms. The molecule has 22 heavy (non-hydrogen) atoms. The molecule has 0 radical (unpaired) electrons. The highest BCUT2D eigenvalue weighted by atomic mass is 16.5. The number of benzene rings is 1. The fourth-order valence-electron chi connectivity index (χ4n) is 2.12. The molecule has 1 atom stereocenters. The largest absolute Gasteiger partial charge is 0.497 e. The van der Waals surface area contributed by atoms with Gasteiger partial charge in [-0.25, -0.2) is 0 Å². The first-order valence-electron chi connectivity index (χ1n) is 7.25. The van der Waals surface area contributed by atoms with Crippen LogP contribution in [0.1, 0.15) is 30.5 Å². The van der Waals surface area contributed by atoms with Crippen molar-refractivity contribution in [2.24, 2.45) is 0 Å². The van der Waals surface area contributed by atoms with Crippen LogP contribution in [0.15, 0.2) is 54.9 Å². The summed E-state index contributed by atoms with van der Waals surface area (Å²) in [6.07, 6.45) is 7.52. The molecular weight excluding hydrogens is 276 g/mol. The number of hydrogen-bond acceptors (Lipinski definition) is 3. The molecule has 1 heterocycles. The van der Waals surface area contributed by atoms with E-state index in [-0.39, 0.29) is 11.9 Å². The van der Waals surface area contributed by atoms with E-state index in [9.17, 15) is 4.79 Å². The van der Waals surface area contributed by atoms with Crippen molar-refractivity contribution in [2.75, 3.05) is 7.11 Å². The Morgan fingerprint density at radius 2 is 2.09 bits per heavy atom. The maximum absolute atomic E-state index is 12.0. The normalized spacial score (nSPS) is 12.1. The third-order valence-electron chi connectivity index (χ3n) is 3.35. The Morgan fingerprint density at radius 3 is 2.68 bits per heavy atom. The van der Waals surface area contributed by atoms with Gasteiger partial charge in [-0.1, -0.05) is 25.1 Å². The zero-order valence-corrected chi connectivity index (χ0v) is 12.8. The fraction of sp³-hybridized carbons (Fsp3) is 0.222. The van der Waals surface area contributed by atoms with E-state index < -0.39 is 0 Å². The van der Waals surface area contributed by atoms with Crippen molar-refractivity contribution in [3.8, 4) is 5.75 Å². The summed E-state index contributed by atoms with van der Waals surface area (Å²) >= 11 is 0. The van der Waals surface area contributed by atoms with Gasteiger partial charge >= 0.3 is 0 Å². The van der Waals surface area contributed by atoms with Gasteiger partial charge in [-0.3, -0.25) is 9.78 Å². The molecule has 0 aliphatic heterocycles. The van der Waals surface area contributed by atoms with Gasteiger partial charge < -0.3 is 10.1 Å². The van der Waals surface area contributed by atoms with Crippen molar-refractivity contribution in [3.63, 3.8) is 0 Å². The first-order valence-corrected chi connectivity index (χ1v) is 7.25. The third kappa shape index (κ3) is 4.45. The van der Waals surface area contributed by atoms with Crippen LogP contribution in [-0.4, -0.2) is 18.0 Å². The van der Waals surface area contributed by atoms with E-state index in [0.29, 0.717) is 0 Å². The number of pyridine rings is 1. The van der Waals surface area contributed by atoms with E-state index >= 15 is 0 Å². The number of hydrogen-bond donors (Lipinski definition) is 1. The summed E-state index contributed by atoms with van der Waals surface area (Å²) in [7, 11) is 1.64. The molecule has 0 spiro atoms. The lowest BCUT2D eigenvalue weighted by atomic mass is 10.0. The Hall–Kier alpha value is -2.62. The lowest BCUT2D eigenvalue weighted by Gasteiger charge is -2.16. The van der Waals surface area contributed by atoms with Crippen LogP contribution in [0.25, 0.3) is 6.08 Å². The predicted octanol–water partition coefficient (Wildman–Crippen LogP) is 3.37. The van der Waals surface area contributed by atoms with Crippen LogP contribution in [0, 0.1) is 0 Å². The van der Waals surface area contributed by atoms with Gasteiger partial charge in [0.1, 0.15) is 5.75 Å². The van der Waals surface area contributed by atoms with Gasteiger partial charge in [0.05, 0.1) is 13.2 Å². The number of carbonyl (C=O) groups is 1. The second kappa shape index (κ2) is 7.98. The summed E-state index contributed by atoms with van der Waals surface area (Å²) in [5.41, 5.74) is 1.96. The predicted molar refractivity (Wildman–Crippen MR) is 87.4 cm³/mol. The average molecular weight is 296 g/mol. The zero-order valence-electron chi connectivity index (χ0n) is 12.8. The molecule has 1 amide bonds. The van der Waals surface area contributed by atoms with E-state index in [1.165, 1.54) is 6.08 Å². The average Bonchev–Trinajstić information content (AvgIpc) is 2.59. The molecule has 1 N–H and O–H groups in total. The van der Waals surface area contributed by atoms with Crippen molar-refractivity contribution in [1.29, 1.82) is 0 Å². The number of ether oxygens (including phenoxy) is 1. The van der Waals surface area contributed by atoms with Gasteiger partial charge in [-0.2, -0.15) is 0 Å². The summed E-state index contributed by atoms with van der Waals surface area (Å²) in [6, 6.07) is 11.5. The second-order valence-corrected chi connectivity index (χ2v) is 4.86. The quantitative estimate of drug-likeness (QED) is 0.831. The molecule has 0 aliphatic carbocycles. The Morgan fingerprint density at radius 1 is 1.32 bits per heavy atom. The van der Waals surface area contributed by atoms with Crippen LogP contribution in [0.2, 0.25) is 0 Å². The zero-order chi connectivity index (χ0) is 15.8. The lowest BCUT2D eigenvalue weighted by molar-refractivity contribution is -0.117. The number of amides is 1. The summed E-state index contributed by atoms with van der Waals surface area (Å²) in [5.74, 6) is 0.688. The number of aromatic nitrogens is 1. The minimum absolute atomic E-state index is 0.0167. The molecule has 1 aromatic heterocycles. The highest BCUT2D eigenvalue weighted by Crippen LogP contribution is 2.20. The first-order chi connectivity index (χ1) is 10.7. The highest BCUT2D eigenvalue weighted by molar-refractivity contribution is 5.91. The molecule has 114 valence electrons. The Labute approximate surface area is 130 Å². The topological polar surface area (TPSA) is 51.2 Å². The van der Waals surface area contributed by atoms with E-state index in [0.717, 1.165) is 23.3 Å². The van der Waals surface area contributed by atoms with Crippen LogP contribution in [0.4, 0.5) is 0 Å². The number of methoxy groups -OCH3 is 1. The van der Waals surface area contributed by atoms with Crippen molar-refractivity contribution in [1.82, 2.24) is 10.3 Å². The number of rotatable bonds is 6. The van der Waals surface area contributed by atoms with Crippen LogP contribution in [0.5, 0.6) is 5.75 Å². The number of nitrogens with one attached hydrogen (secondary N) is 1. The Kier molecular flexibility index (Phi) is 5.72. The molecule has 0 bridgehead atoms. The second-order valence-electron chi connectivity index (χ2n) is 4.86. The fourth-order valence-corrected chi connectivity index (χ4v) is 2.12. The maximum atomic E-state index is 12.0. The maximum Gasteiger partial charge on any atom is 0.244 e. The van der Waals surface area contributed by atoms with Gasteiger partial charge in [-0.05, 0) is 41.8 Å². The van der Waals surface area contributed by atoms with Crippen LogP contribution in [-0.2, 0) is 4.79 Å². The van der Waals surface area contributed by atoms with E-state index in [2.05, 4.69) is 10.3 Å². The van der Waals surface area contributed by atoms with Crippen molar-refractivity contribution < 1.29 is 9.53 Å². The molecule has 1 unspecified atom stereocenters. The monoisotopic (exact) mass is 296 g/mol. The highest BCUT2D eigenvalue weighted by Gasteiger charge is 2.11. The van der Waals surface area contributed by atoms with Crippen molar-refractivity contribution >= 4 is 12.0 Å². The number of carbonyl (C=O) groups excluding carboxylic acids is 1. The van der Waals surface area contributed by atoms with Gasteiger partial charge in [0.15, 0.2) is 0 Å². The Balaban J connectivity index is 1.99. The molecule has 0 saturated heterocycles.